The molecule has 0 spiro atoms. The fraction of sp³-hybridized carbons (Fsp3) is 0.200. The first-order valence-corrected chi connectivity index (χ1v) is 6.43. The number of hydrogen-bond donors (Lipinski definition) is 1. The van der Waals surface area contributed by atoms with E-state index in [2.05, 4.69) is 0 Å². The molecule has 6 nitrogen and oxygen atoms in total. The summed E-state index contributed by atoms with van der Waals surface area (Å²) in [7, 11) is 0. The fourth-order valence-electron chi connectivity index (χ4n) is 1.79. The molecule has 0 fully saturated rings. The molecule has 0 aliphatic heterocycles. The zero-order valence-electron chi connectivity index (χ0n) is 11.5. The molecule has 2 aromatic carbocycles. The minimum Gasteiger partial charge on any atom is -0.494 e. The van der Waals surface area contributed by atoms with E-state index < -0.39 is 4.92 Å². The number of nitro groups is 1. The summed E-state index contributed by atoms with van der Waals surface area (Å²) in [6.07, 6.45) is 0. The minimum atomic E-state index is -0.539. The lowest BCUT2D eigenvalue weighted by Crippen LogP contribution is -1.96. The molecule has 0 aliphatic rings. The smallest absolute Gasteiger partial charge is 0.311 e. The van der Waals surface area contributed by atoms with Crippen LogP contribution in [0.3, 0.4) is 0 Å². The van der Waals surface area contributed by atoms with Crippen LogP contribution < -0.4 is 9.47 Å². The van der Waals surface area contributed by atoms with Gasteiger partial charge in [0.25, 0.3) is 0 Å². The summed E-state index contributed by atoms with van der Waals surface area (Å²) < 4.78 is 10.8. The third-order valence-electron chi connectivity index (χ3n) is 2.77. The number of ether oxygens (including phenoxy) is 2. The van der Waals surface area contributed by atoms with E-state index in [0.29, 0.717) is 23.7 Å². The summed E-state index contributed by atoms with van der Waals surface area (Å²) in [5.74, 6) is 1.30. The Balaban J connectivity index is 2.24. The number of nitro benzene ring substituents is 1. The highest BCUT2D eigenvalue weighted by Gasteiger charge is 2.16. The lowest BCUT2D eigenvalue weighted by molar-refractivity contribution is -0.385. The standard InChI is InChI=1S/C15H15NO5/c1-2-20-12-4-6-13(7-5-12)21-15-8-3-11(10-17)9-14(15)16(18)19/h3-9,17H,2,10H2,1H3. The molecule has 110 valence electrons. The van der Waals surface area contributed by atoms with E-state index in [4.69, 9.17) is 14.6 Å². The van der Waals surface area contributed by atoms with Gasteiger partial charge in [0.1, 0.15) is 11.5 Å². The van der Waals surface area contributed by atoms with Crippen LogP contribution in [-0.2, 0) is 6.61 Å². The summed E-state index contributed by atoms with van der Waals surface area (Å²) in [6.45, 7) is 2.19. The minimum absolute atomic E-state index is 0.126. The van der Waals surface area contributed by atoms with Crippen molar-refractivity contribution >= 4 is 5.69 Å². The largest absolute Gasteiger partial charge is 0.494 e. The molecule has 0 unspecified atom stereocenters. The molecule has 21 heavy (non-hydrogen) atoms. The highest BCUT2D eigenvalue weighted by molar-refractivity contribution is 5.50. The van der Waals surface area contributed by atoms with Crippen molar-refractivity contribution in [2.24, 2.45) is 0 Å². The highest BCUT2D eigenvalue weighted by atomic mass is 16.6. The predicted molar refractivity (Wildman–Crippen MR) is 76.7 cm³/mol. The van der Waals surface area contributed by atoms with Crippen molar-refractivity contribution in [3.63, 3.8) is 0 Å². The molecule has 2 aromatic rings. The van der Waals surface area contributed by atoms with E-state index in [9.17, 15) is 10.1 Å². The second-order valence-corrected chi connectivity index (χ2v) is 4.22. The van der Waals surface area contributed by atoms with Crippen molar-refractivity contribution < 1.29 is 19.5 Å². The van der Waals surface area contributed by atoms with Gasteiger partial charge in [0.15, 0.2) is 0 Å². The van der Waals surface area contributed by atoms with Crippen molar-refractivity contribution in [3.8, 4) is 17.2 Å². The SMILES string of the molecule is CCOc1ccc(Oc2ccc(CO)cc2[N+](=O)[O-])cc1. The summed E-state index contributed by atoms with van der Waals surface area (Å²) in [5.41, 5.74) is 0.274. The monoisotopic (exact) mass is 289 g/mol. The molecule has 0 bridgehead atoms. The second-order valence-electron chi connectivity index (χ2n) is 4.22. The molecule has 0 heterocycles. The molecule has 0 saturated heterocycles. The Morgan fingerprint density at radius 3 is 2.38 bits per heavy atom. The van der Waals surface area contributed by atoms with E-state index in [1.807, 2.05) is 6.92 Å². The van der Waals surface area contributed by atoms with Crippen LogP contribution in [0, 0.1) is 10.1 Å². The van der Waals surface area contributed by atoms with Crippen LogP contribution in [0.2, 0.25) is 0 Å². The predicted octanol–water partition coefficient (Wildman–Crippen LogP) is 3.28. The lowest BCUT2D eigenvalue weighted by Gasteiger charge is -2.08. The maximum absolute atomic E-state index is 11.0. The van der Waals surface area contributed by atoms with Crippen molar-refractivity contribution in [1.82, 2.24) is 0 Å². The van der Waals surface area contributed by atoms with Gasteiger partial charge in [0.05, 0.1) is 18.1 Å². The second kappa shape index (κ2) is 6.71. The molecule has 0 saturated carbocycles. The van der Waals surface area contributed by atoms with Crippen molar-refractivity contribution in [3.05, 3.63) is 58.1 Å². The maximum atomic E-state index is 11.0. The van der Waals surface area contributed by atoms with Crippen LogP contribution in [-0.4, -0.2) is 16.6 Å². The van der Waals surface area contributed by atoms with Crippen LogP contribution in [0.25, 0.3) is 0 Å². The van der Waals surface area contributed by atoms with Gasteiger partial charge in [0.2, 0.25) is 5.75 Å². The Labute approximate surface area is 121 Å². The van der Waals surface area contributed by atoms with Gasteiger partial charge in [-0.2, -0.15) is 0 Å². The van der Waals surface area contributed by atoms with E-state index in [-0.39, 0.29) is 18.0 Å². The maximum Gasteiger partial charge on any atom is 0.311 e. The quantitative estimate of drug-likeness (QED) is 0.652. The molecule has 0 aromatic heterocycles. The molecular weight excluding hydrogens is 274 g/mol. The Bertz CT molecular complexity index is 624. The van der Waals surface area contributed by atoms with Gasteiger partial charge >= 0.3 is 5.69 Å². The molecule has 0 aliphatic carbocycles. The summed E-state index contributed by atoms with van der Waals surface area (Å²) in [5, 5.41) is 20.1. The van der Waals surface area contributed by atoms with Crippen LogP contribution in [0.5, 0.6) is 17.2 Å². The van der Waals surface area contributed by atoms with Gasteiger partial charge < -0.3 is 14.6 Å². The van der Waals surface area contributed by atoms with Crippen LogP contribution in [0.15, 0.2) is 42.5 Å². The van der Waals surface area contributed by atoms with Gasteiger partial charge in [-0.25, -0.2) is 0 Å². The third kappa shape index (κ3) is 3.70. The van der Waals surface area contributed by atoms with Gasteiger partial charge in [0, 0.05) is 6.07 Å². The van der Waals surface area contributed by atoms with Gasteiger partial charge in [-0.1, -0.05) is 6.07 Å². The lowest BCUT2D eigenvalue weighted by atomic mass is 10.2. The number of benzene rings is 2. The number of aliphatic hydroxyl groups is 1. The zero-order valence-corrected chi connectivity index (χ0v) is 11.5. The summed E-state index contributed by atoms with van der Waals surface area (Å²) in [4.78, 5) is 10.5. The molecule has 6 heteroatoms. The first kappa shape index (κ1) is 14.8. The third-order valence-corrected chi connectivity index (χ3v) is 2.77. The molecular formula is C15H15NO5. The van der Waals surface area contributed by atoms with E-state index in [1.54, 1.807) is 30.3 Å². The highest BCUT2D eigenvalue weighted by Crippen LogP contribution is 2.32. The van der Waals surface area contributed by atoms with Crippen LogP contribution in [0.1, 0.15) is 12.5 Å². The number of hydrogen-bond acceptors (Lipinski definition) is 5. The van der Waals surface area contributed by atoms with Crippen molar-refractivity contribution in [2.45, 2.75) is 13.5 Å². The first-order chi connectivity index (χ1) is 10.1. The zero-order chi connectivity index (χ0) is 15.2. The molecule has 0 amide bonds. The Morgan fingerprint density at radius 2 is 1.81 bits per heavy atom. The average Bonchev–Trinajstić information content (AvgIpc) is 2.49. The fourth-order valence-corrected chi connectivity index (χ4v) is 1.79. The number of aliphatic hydroxyl groups excluding tert-OH is 1. The van der Waals surface area contributed by atoms with Crippen LogP contribution in [0.4, 0.5) is 5.69 Å². The molecule has 1 N–H and O–H groups in total. The summed E-state index contributed by atoms with van der Waals surface area (Å²) in [6, 6.07) is 11.2. The van der Waals surface area contributed by atoms with Gasteiger partial charge in [-0.15, -0.1) is 0 Å². The van der Waals surface area contributed by atoms with Crippen LogP contribution >= 0.6 is 0 Å². The van der Waals surface area contributed by atoms with E-state index in [1.165, 1.54) is 12.1 Å². The normalized spacial score (nSPS) is 10.2. The van der Waals surface area contributed by atoms with Gasteiger partial charge in [-0.3, -0.25) is 10.1 Å². The molecule has 0 atom stereocenters. The first-order valence-electron chi connectivity index (χ1n) is 6.43. The molecule has 0 radical (unpaired) electrons. The van der Waals surface area contributed by atoms with E-state index in [0.717, 1.165) is 0 Å². The summed E-state index contributed by atoms with van der Waals surface area (Å²) >= 11 is 0. The Hall–Kier alpha value is -2.60. The van der Waals surface area contributed by atoms with Crippen molar-refractivity contribution in [1.29, 1.82) is 0 Å². The Kier molecular flexibility index (Phi) is 4.73. The average molecular weight is 289 g/mol. The molecule has 2 rings (SSSR count). The van der Waals surface area contributed by atoms with Gasteiger partial charge in [-0.05, 0) is 42.8 Å². The topological polar surface area (TPSA) is 81.8 Å². The van der Waals surface area contributed by atoms with E-state index >= 15 is 0 Å². The Morgan fingerprint density at radius 1 is 1.14 bits per heavy atom. The number of rotatable bonds is 6. The van der Waals surface area contributed by atoms with Crippen molar-refractivity contribution in [2.75, 3.05) is 6.61 Å². The number of nitrogens with zero attached hydrogens (tertiary/aromatic N) is 1.